The van der Waals surface area contributed by atoms with Gasteiger partial charge in [0.15, 0.2) is 0 Å². The average Bonchev–Trinajstić information content (AvgIpc) is 3.17. The average molecular weight is 277 g/mol. The number of fused-ring (bicyclic) bond motifs is 2. The van der Waals surface area contributed by atoms with Gasteiger partial charge >= 0.3 is 6.03 Å². The molecule has 4 heteroatoms. The molecule has 20 heavy (non-hydrogen) atoms. The van der Waals surface area contributed by atoms with Crippen molar-refractivity contribution in [3.63, 3.8) is 0 Å². The molecule has 2 amide bonds. The number of rotatable bonds is 3. The Balaban J connectivity index is 1.35. The van der Waals surface area contributed by atoms with Crippen LogP contribution in [0.4, 0.5) is 4.79 Å². The van der Waals surface area contributed by atoms with Gasteiger partial charge in [0.1, 0.15) is 0 Å². The highest BCUT2D eigenvalue weighted by atomic mass is 16.2. The fourth-order valence-corrected chi connectivity index (χ4v) is 5.11. The highest BCUT2D eigenvalue weighted by molar-refractivity contribution is 5.77. The third kappa shape index (κ3) is 2.22. The normalized spacial score (nSPS) is 38.2. The molecule has 4 nitrogen and oxygen atoms in total. The Morgan fingerprint density at radius 3 is 2.60 bits per heavy atom. The van der Waals surface area contributed by atoms with E-state index in [1.807, 2.05) is 0 Å². The van der Waals surface area contributed by atoms with E-state index in [9.17, 15) is 4.79 Å². The number of carbonyl (C=O) groups excluding carboxylic acids is 1. The van der Waals surface area contributed by atoms with Crippen LogP contribution in [-0.4, -0.2) is 54.6 Å². The smallest absolute Gasteiger partial charge is 0.320 e. The Morgan fingerprint density at radius 2 is 1.90 bits per heavy atom. The van der Waals surface area contributed by atoms with Gasteiger partial charge in [-0.1, -0.05) is 6.42 Å². The molecule has 1 N–H and O–H groups in total. The van der Waals surface area contributed by atoms with E-state index in [1.165, 1.54) is 25.7 Å². The van der Waals surface area contributed by atoms with Gasteiger partial charge in [-0.2, -0.15) is 0 Å². The van der Waals surface area contributed by atoms with Gasteiger partial charge in [-0.25, -0.2) is 4.79 Å². The van der Waals surface area contributed by atoms with E-state index in [4.69, 9.17) is 0 Å². The molecule has 4 rings (SSSR count). The van der Waals surface area contributed by atoms with Crippen LogP contribution in [0.2, 0.25) is 0 Å². The van der Waals surface area contributed by atoms with Gasteiger partial charge in [0, 0.05) is 25.7 Å². The summed E-state index contributed by atoms with van der Waals surface area (Å²) >= 11 is 0. The standard InChI is InChI=1S/C16H27N3O/c20-16-18(11-14-10-12-1-2-13(14)9-12)7-8-19(16)15-3-5-17-6-4-15/h12-15,17H,1-11H2. The molecule has 0 aromatic heterocycles. The Hall–Kier alpha value is -0.770. The summed E-state index contributed by atoms with van der Waals surface area (Å²) in [5.41, 5.74) is 0. The van der Waals surface area contributed by atoms with Crippen LogP contribution in [0.15, 0.2) is 0 Å². The van der Waals surface area contributed by atoms with Crippen LogP contribution in [0.3, 0.4) is 0 Å². The molecular weight excluding hydrogens is 250 g/mol. The molecule has 2 aliphatic carbocycles. The van der Waals surface area contributed by atoms with Gasteiger partial charge in [0.05, 0.1) is 0 Å². The van der Waals surface area contributed by atoms with E-state index >= 15 is 0 Å². The second-order valence-electron chi connectivity index (χ2n) is 7.34. The molecule has 0 radical (unpaired) electrons. The molecule has 0 spiro atoms. The number of piperidine rings is 1. The van der Waals surface area contributed by atoms with Gasteiger partial charge in [-0.15, -0.1) is 0 Å². The van der Waals surface area contributed by atoms with Crippen LogP contribution < -0.4 is 5.32 Å². The zero-order chi connectivity index (χ0) is 13.5. The Kier molecular flexibility index (Phi) is 3.37. The van der Waals surface area contributed by atoms with Crippen LogP contribution in [0.25, 0.3) is 0 Å². The van der Waals surface area contributed by atoms with Crippen molar-refractivity contribution < 1.29 is 4.79 Å². The predicted molar refractivity (Wildman–Crippen MR) is 78.5 cm³/mol. The second-order valence-corrected chi connectivity index (χ2v) is 7.34. The van der Waals surface area contributed by atoms with Gasteiger partial charge in [-0.3, -0.25) is 0 Å². The highest BCUT2D eigenvalue weighted by Crippen LogP contribution is 2.48. The van der Waals surface area contributed by atoms with Gasteiger partial charge < -0.3 is 15.1 Å². The lowest BCUT2D eigenvalue weighted by Crippen LogP contribution is -2.45. The second kappa shape index (κ2) is 5.21. The maximum absolute atomic E-state index is 12.6. The summed E-state index contributed by atoms with van der Waals surface area (Å²) in [6.45, 7) is 5.12. The number of urea groups is 1. The summed E-state index contributed by atoms with van der Waals surface area (Å²) < 4.78 is 0. The van der Waals surface area contributed by atoms with Crippen molar-refractivity contribution in [3.8, 4) is 0 Å². The lowest BCUT2D eigenvalue weighted by atomic mass is 9.88. The topological polar surface area (TPSA) is 35.6 Å². The zero-order valence-electron chi connectivity index (χ0n) is 12.4. The fraction of sp³-hybridized carbons (Fsp3) is 0.938. The summed E-state index contributed by atoms with van der Waals surface area (Å²) in [6.07, 6.45) is 7.99. The van der Waals surface area contributed by atoms with Crippen LogP contribution >= 0.6 is 0 Å². The summed E-state index contributed by atoms with van der Waals surface area (Å²) in [5, 5.41) is 3.39. The number of nitrogens with zero attached hydrogens (tertiary/aromatic N) is 2. The fourth-order valence-electron chi connectivity index (χ4n) is 5.11. The molecule has 4 aliphatic rings. The minimum absolute atomic E-state index is 0.333. The maximum atomic E-state index is 12.6. The summed E-state index contributed by atoms with van der Waals surface area (Å²) in [7, 11) is 0. The number of amides is 2. The quantitative estimate of drug-likeness (QED) is 0.855. The van der Waals surface area contributed by atoms with Crippen molar-refractivity contribution in [1.29, 1.82) is 0 Å². The van der Waals surface area contributed by atoms with E-state index in [0.717, 1.165) is 63.3 Å². The number of nitrogens with one attached hydrogen (secondary N) is 1. The summed E-state index contributed by atoms with van der Waals surface area (Å²) in [4.78, 5) is 17.0. The molecule has 2 saturated carbocycles. The van der Waals surface area contributed by atoms with E-state index < -0.39 is 0 Å². The molecule has 3 atom stereocenters. The number of carbonyl (C=O) groups is 1. The minimum Gasteiger partial charge on any atom is -0.323 e. The van der Waals surface area contributed by atoms with Crippen molar-refractivity contribution in [1.82, 2.24) is 15.1 Å². The van der Waals surface area contributed by atoms with Crippen molar-refractivity contribution in [2.75, 3.05) is 32.7 Å². The van der Waals surface area contributed by atoms with E-state index in [2.05, 4.69) is 15.1 Å². The maximum Gasteiger partial charge on any atom is 0.320 e. The number of hydrogen-bond donors (Lipinski definition) is 1. The third-order valence-corrected chi connectivity index (χ3v) is 6.22. The monoisotopic (exact) mass is 277 g/mol. The van der Waals surface area contributed by atoms with Crippen molar-refractivity contribution in [2.45, 2.75) is 44.6 Å². The SMILES string of the molecule is O=C1N(CC2CC3CCC2C3)CCN1C1CCNCC1. The van der Waals surface area contributed by atoms with Crippen LogP contribution in [0.5, 0.6) is 0 Å². The third-order valence-electron chi connectivity index (χ3n) is 6.22. The molecule has 0 aromatic rings. The predicted octanol–water partition coefficient (Wildman–Crippen LogP) is 1.91. The lowest BCUT2D eigenvalue weighted by molar-refractivity contribution is 0.156. The van der Waals surface area contributed by atoms with Crippen molar-refractivity contribution >= 4 is 6.03 Å². The first kappa shape index (κ1) is 12.9. The molecule has 2 bridgehead atoms. The van der Waals surface area contributed by atoms with Crippen molar-refractivity contribution in [3.05, 3.63) is 0 Å². The van der Waals surface area contributed by atoms with Crippen molar-refractivity contribution in [2.24, 2.45) is 17.8 Å². The minimum atomic E-state index is 0.333. The van der Waals surface area contributed by atoms with E-state index in [0.29, 0.717) is 12.1 Å². The largest absolute Gasteiger partial charge is 0.323 e. The lowest BCUT2D eigenvalue weighted by Gasteiger charge is -2.32. The van der Waals surface area contributed by atoms with Crippen LogP contribution in [-0.2, 0) is 0 Å². The Bertz CT molecular complexity index is 380. The zero-order valence-corrected chi connectivity index (χ0v) is 12.4. The van der Waals surface area contributed by atoms with Crippen LogP contribution in [0, 0.1) is 17.8 Å². The molecule has 4 fully saturated rings. The van der Waals surface area contributed by atoms with E-state index in [1.54, 1.807) is 0 Å². The summed E-state index contributed by atoms with van der Waals surface area (Å²) in [6, 6.07) is 0.827. The Morgan fingerprint density at radius 1 is 1.05 bits per heavy atom. The first-order valence-electron chi connectivity index (χ1n) is 8.57. The van der Waals surface area contributed by atoms with E-state index in [-0.39, 0.29) is 0 Å². The Labute approximate surface area is 121 Å². The molecule has 2 saturated heterocycles. The molecule has 3 unspecified atom stereocenters. The molecule has 112 valence electrons. The first-order chi connectivity index (χ1) is 9.81. The first-order valence-corrected chi connectivity index (χ1v) is 8.57. The van der Waals surface area contributed by atoms with Gasteiger partial charge in [0.2, 0.25) is 0 Å². The van der Waals surface area contributed by atoms with Gasteiger partial charge in [0.25, 0.3) is 0 Å². The molecular formula is C16H27N3O. The van der Waals surface area contributed by atoms with Gasteiger partial charge in [-0.05, 0) is 62.9 Å². The highest BCUT2D eigenvalue weighted by Gasteiger charge is 2.42. The summed E-state index contributed by atoms with van der Waals surface area (Å²) in [5.74, 6) is 2.73. The number of hydrogen-bond acceptors (Lipinski definition) is 2. The van der Waals surface area contributed by atoms with Crippen LogP contribution in [0.1, 0.15) is 38.5 Å². The molecule has 2 heterocycles. The molecule has 2 aliphatic heterocycles. The molecule has 0 aromatic carbocycles.